The van der Waals surface area contributed by atoms with Crippen molar-refractivity contribution in [3.05, 3.63) is 108 Å². The summed E-state index contributed by atoms with van der Waals surface area (Å²) in [6.45, 7) is 2.52. The van der Waals surface area contributed by atoms with Crippen molar-refractivity contribution in [3.63, 3.8) is 0 Å². The molecule has 6 heteroatoms. The minimum absolute atomic E-state index is 0.0545. The molecule has 3 aromatic carbocycles. The fourth-order valence-corrected chi connectivity index (χ4v) is 4.31. The number of carbonyl (C=O) groups is 1. The molecule has 0 fully saturated rings. The highest BCUT2D eigenvalue weighted by Gasteiger charge is 2.21. The van der Waals surface area contributed by atoms with Crippen LogP contribution in [0.2, 0.25) is 0 Å². The molecule has 2 aromatic heterocycles. The normalized spacial score (nSPS) is 10.9. The van der Waals surface area contributed by atoms with Gasteiger partial charge in [0.1, 0.15) is 12.3 Å². The number of hydrogen-bond donors (Lipinski definition) is 0. The van der Waals surface area contributed by atoms with Crippen LogP contribution in [0.1, 0.15) is 11.3 Å². The number of para-hydroxylation sites is 1. The lowest BCUT2D eigenvalue weighted by Gasteiger charge is -2.23. The van der Waals surface area contributed by atoms with Gasteiger partial charge < -0.3 is 9.64 Å². The van der Waals surface area contributed by atoms with Gasteiger partial charge in [-0.2, -0.15) is 5.10 Å². The van der Waals surface area contributed by atoms with Gasteiger partial charge in [-0.05, 0) is 53.9 Å². The SMILES string of the molecule is COc1ccc(-c2ccnc3c2c(C)nn3CC(=O)N(Cc2ccccc2)c2ccccc2)cc1. The number of methoxy groups -OCH3 is 1. The molecule has 0 spiro atoms. The first-order chi connectivity index (χ1) is 17.1. The Bertz CT molecular complexity index is 1450. The Morgan fingerprint density at radius 3 is 2.29 bits per heavy atom. The van der Waals surface area contributed by atoms with Gasteiger partial charge in [-0.3, -0.25) is 4.79 Å². The standard InChI is InChI=1S/C29H26N4O2/c1-21-28-26(23-13-15-25(35-2)16-14-23)17-18-30-29(28)33(31-21)20-27(34)32(24-11-7-4-8-12-24)19-22-9-5-3-6-10-22/h3-18H,19-20H2,1-2H3. The van der Waals surface area contributed by atoms with Crippen LogP contribution in [0.5, 0.6) is 5.75 Å². The average molecular weight is 463 g/mol. The number of aryl methyl sites for hydroxylation is 1. The van der Waals surface area contributed by atoms with Crippen LogP contribution in [-0.2, 0) is 17.9 Å². The van der Waals surface area contributed by atoms with Crippen molar-refractivity contribution in [1.29, 1.82) is 0 Å². The van der Waals surface area contributed by atoms with E-state index in [2.05, 4.69) is 4.98 Å². The molecule has 0 aliphatic rings. The minimum atomic E-state index is -0.0545. The molecule has 5 aromatic rings. The largest absolute Gasteiger partial charge is 0.497 e. The van der Waals surface area contributed by atoms with Gasteiger partial charge in [-0.15, -0.1) is 0 Å². The summed E-state index contributed by atoms with van der Waals surface area (Å²) in [5.74, 6) is 0.748. The molecule has 1 amide bonds. The number of rotatable bonds is 7. The average Bonchev–Trinajstić information content (AvgIpc) is 3.23. The molecule has 0 atom stereocenters. The Morgan fingerprint density at radius 2 is 1.60 bits per heavy atom. The van der Waals surface area contributed by atoms with Crippen LogP contribution in [0.3, 0.4) is 0 Å². The summed E-state index contributed by atoms with van der Waals surface area (Å²) in [5, 5.41) is 5.66. The maximum atomic E-state index is 13.6. The van der Waals surface area contributed by atoms with E-state index in [0.29, 0.717) is 12.2 Å². The van der Waals surface area contributed by atoms with Crippen LogP contribution in [0.15, 0.2) is 97.2 Å². The second-order valence-corrected chi connectivity index (χ2v) is 8.33. The predicted molar refractivity (Wildman–Crippen MR) is 138 cm³/mol. The van der Waals surface area contributed by atoms with E-state index >= 15 is 0 Å². The number of benzene rings is 3. The molecule has 0 saturated carbocycles. The third-order valence-electron chi connectivity index (χ3n) is 6.05. The molecular weight excluding hydrogens is 436 g/mol. The Balaban J connectivity index is 1.49. The number of pyridine rings is 1. The number of hydrogen-bond acceptors (Lipinski definition) is 4. The van der Waals surface area contributed by atoms with E-state index in [9.17, 15) is 4.79 Å². The third-order valence-corrected chi connectivity index (χ3v) is 6.05. The summed E-state index contributed by atoms with van der Waals surface area (Å²) in [4.78, 5) is 20.0. The van der Waals surface area contributed by atoms with Gasteiger partial charge in [0.15, 0.2) is 5.65 Å². The molecule has 0 saturated heterocycles. The van der Waals surface area contributed by atoms with Crippen LogP contribution in [0.4, 0.5) is 5.69 Å². The molecule has 5 rings (SSSR count). The zero-order valence-corrected chi connectivity index (χ0v) is 19.8. The maximum absolute atomic E-state index is 13.6. The number of amides is 1. The topological polar surface area (TPSA) is 60.3 Å². The zero-order chi connectivity index (χ0) is 24.2. The highest BCUT2D eigenvalue weighted by Crippen LogP contribution is 2.31. The summed E-state index contributed by atoms with van der Waals surface area (Å²) >= 11 is 0. The van der Waals surface area contributed by atoms with Crippen molar-refractivity contribution in [2.45, 2.75) is 20.0 Å². The van der Waals surface area contributed by atoms with E-state index < -0.39 is 0 Å². The lowest BCUT2D eigenvalue weighted by atomic mass is 10.0. The van der Waals surface area contributed by atoms with Gasteiger partial charge in [-0.1, -0.05) is 60.7 Å². The third kappa shape index (κ3) is 4.64. The second kappa shape index (κ2) is 9.81. The fraction of sp³-hybridized carbons (Fsp3) is 0.138. The lowest BCUT2D eigenvalue weighted by molar-refractivity contribution is -0.119. The van der Waals surface area contributed by atoms with Gasteiger partial charge in [-0.25, -0.2) is 9.67 Å². The lowest BCUT2D eigenvalue weighted by Crippen LogP contribution is -2.33. The molecule has 0 aliphatic carbocycles. The number of nitrogens with zero attached hydrogens (tertiary/aromatic N) is 4. The monoisotopic (exact) mass is 462 g/mol. The van der Waals surface area contributed by atoms with Crippen molar-refractivity contribution in [2.24, 2.45) is 0 Å². The molecule has 0 radical (unpaired) electrons. The van der Waals surface area contributed by atoms with E-state index in [-0.39, 0.29) is 12.5 Å². The summed E-state index contributed by atoms with van der Waals surface area (Å²) in [5.41, 5.74) is 5.51. The minimum Gasteiger partial charge on any atom is -0.497 e. The van der Waals surface area contributed by atoms with E-state index in [4.69, 9.17) is 9.84 Å². The highest BCUT2D eigenvalue weighted by molar-refractivity contribution is 5.97. The summed E-state index contributed by atoms with van der Waals surface area (Å²) < 4.78 is 7.00. The molecule has 2 heterocycles. The van der Waals surface area contributed by atoms with E-state index in [1.165, 1.54) is 0 Å². The number of carbonyl (C=O) groups excluding carboxylic acids is 1. The molecule has 174 valence electrons. The van der Waals surface area contributed by atoms with Crippen LogP contribution >= 0.6 is 0 Å². The van der Waals surface area contributed by atoms with E-state index in [0.717, 1.165) is 39.2 Å². The van der Waals surface area contributed by atoms with Gasteiger partial charge in [0, 0.05) is 17.3 Å². The Kier molecular flexibility index (Phi) is 6.26. The first-order valence-electron chi connectivity index (χ1n) is 11.5. The summed E-state index contributed by atoms with van der Waals surface area (Å²) in [7, 11) is 1.65. The van der Waals surface area contributed by atoms with Crippen molar-refractivity contribution in [3.8, 4) is 16.9 Å². The Hall–Kier alpha value is -4.45. The van der Waals surface area contributed by atoms with Crippen LogP contribution < -0.4 is 9.64 Å². The molecule has 0 aliphatic heterocycles. The van der Waals surface area contributed by atoms with Gasteiger partial charge in [0.05, 0.1) is 19.3 Å². The smallest absolute Gasteiger partial charge is 0.249 e. The summed E-state index contributed by atoms with van der Waals surface area (Å²) in [6.07, 6.45) is 1.77. The van der Waals surface area contributed by atoms with Crippen LogP contribution in [0, 0.1) is 6.92 Å². The van der Waals surface area contributed by atoms with Crippen molar-refractivity contribution < 1.29 is 9.53 Å². The van der Waals surface area contributed by atoms with Crippen molar-refractivity contribution in [2.75, 3.05) is 12.0 Å². The Labute approximate surface area is 204 Å². The van der Waals surface area contributed by atoms with Gasteiger partial charge >= 0.3 is 0 Å². The quantitative estimate of drug-likeness (QED) is 0.314. The molecule has 0 N–H and O–H groups in total. The van der Waals surface area contributed by atoms with Crippen molar-refractivity contribution >= 4 is 22.6 Å². The molecule has 6 nitrogen and oxygen atoms in total. The fourth-order valence-electron chi connectivity index (χ4n) is 4.31. The number of ether oxygens (including phenoxy) is 1. The zero-order valence-electron chi connectivity index (χ0n) is 19.8. The molecular formula is C29H26N4O2. The second-order valence-electron chi connectivity index (χ2n) is 8.33. The van der Waals surface area contributed by atoms with Crippen LogP contribution in [0.25, 0.3) is 22.2 Å². The first kappa shape index (κ1) is 22.3. The van der Waals surface area contributed by atoms with E-state index in [1.54, 1.807) is 22.9 Å². The predicted octanol–water partition coefficient (Wildman–Crippen LogP) is 5.65. The maximum Gasteiger partial charge on any atom is 0.249 e. The summed E-state index contributed by atoms with van der Waals surface area (Å²) in [6, 6.07) is 29.6. The van der Waals surface area contributed by atoms with E-state index in [1.807, 2.05) is 97.9 Å². The molecule has 35 heavy (non-hydrogen) atoms. The van der Waals surface area contributed by atoms with Crippen molar-refractivity contribution in [1.82, 2.24) is 14.8 Å². The number of anilines is 1. The number of fused-ring (bicyclic) bond motifs is 1. The molecule has 0 unspecified atom stereocenters. The first-order valence-corrected chi connectivity index (χ1v) is 11.5. The van der Waals surface area contributed by atoms with Gasteiger partial charge in [0.25, 0.3) is 0 Å². The Morgan fingerprint density at radius 1 is 0.914 bits per heavy atom. The van der Waals surface area contributed by atoms with Gasteiger partial charge in [0.2, 0.25) is 5.91 Å². The number of aromatic nitrogens is 3. The highest BCUT2D eigenvalue weighted by atomic mass is 16.5. The molecule has 0 bridgehead atoms. The van der Waals surface area contributed by atoms with Crippen LogP contribution in [-0.4, -0.2) is 27.8 Å².